The maximum absolute atomic E-state index is 13.7. The number of halogens is 3. The molecule has 0 aliphatic heterocycles. The zero-order chi connectivity index (χ0) is 13.1. The van der Waals surface area contributed by atoms with Crippen molar-refractivity contribution >= 4 is 27.5 Å². The van der Waals surface area contributed by atoms with Crippen molar-refractivity contribution in [1.82, 2.24) is 0 Å². The summed E-state index contributed by atoms with van der Waals surface area (Å²) in [7, 11) is 0. The Bertz CT molecular complexity index is 542. The van der Waals surface area contributed by atoms with Crippen molar-refractivity contribution in [2.24, 2.45) is 5.73 Å². The molecular weight excluding hydrogens is 317 g/mol. The van der Waals surface area contributed by atoms with Crippen LogP contribution in [0.1, 0.15) is 17.2 Å². The smallest absolute Gasteiger partial charge is 0.128 e. The van der Waals surface area contributed by atoms with Gasteiger partial charge in [0, 0.05) is 21.1 Å². The van der Waals surface area contributed by atoms with Gasteiger partial charge in [0.05, 0.1) is 0 Å². The molecule has 4 heteroatoms. The van der Waals surface area contributed by atoms with Crippen LogP contribution in [0.25, 0.3) is 0 Å². The molecule has 2 N–H and O–H groups in total. The number of hydrogen-bond acceptors (Lipinski definition) is 1. The van der Waals surface area contributed by atoms with Gasteiger partial charge in [-0.3, -0.25) is 0 Å². The van der Waals surface area contributed by atoms with Crippen LogP contribution < -0.4 is 5.73 Å². The fourth-order valence-electron chi connectivity index (χ4n) is 1.78. The van der Waals surface area contributed by atoms with E-state index in [2.05, 4.69) is 15.9 Å². The largest absolute Gasteiger partial charge is 0.324 e. The molecule has 1 nitrogen and oxygen atoms in total. The van der Waals surface area contributed by atoms with E-state index >= 15 is 0 Å². The summed E-state index contributed by atoms with van der Waals surface area (Å²) in [5.74, 6) is -0.278. The lowest BCUT2D eigenvalue weighted by Crippen LogP contribution is -2.15. The number of hydrogen-bond donors (Lipinski definition) is 1. The van der Waals surface area contributed by atoms with Crippen molar-refractivity contribution in [2.45, 2.75) is 12.5 Å². The lowest BCUT2D eigenvalue weighted by molar-refractivity contribution is 0.580. The molecule has 0 fully saturated rings. The second kappa shape index (κ2) is 5.83. The van der Waals surface area contributed by atoms with E-state index in [1.807, 2.05) is 12.1 Å². The average Bonchev–Trinajstić information content (AvgIpc) is 2.35. The molecule has 18 heavy (non-hydrogen) atoms. The predicted molar refractivity (Wildman–Crippen MR) is 76.2 cm³/mol. The monoisotopic (exact) mass is 327 g/mol. The summed E-state index contributed by atoms with van der Waals surface area (Å²) in [5, 5.41) is 0.681. The highest BCUT2D eigenvalue weighted by atomic mass is 79.9. The van der Waals surface area contributed by atoms with Gasteiger partial charge in [-0.05, 0) is 42.3 Å². The van der Waals surface area contributed by atoms with Gasteiger partial charge in [-0.1, -0.05) is 39.7 Å². The first-order valence-corrected chi connectivity index (χ1v) is 6.68. The van der Waals surface area contributed by atoms with Crippen LogP contribution in [0.15, 0.2) is 46.9 Å². The zero-order valence-corrected chi connectivity index (χ0v) is 11.9. The second-order valence-electron chi connectivity index (χ2n) is 4.10. The van der Waals surface area contributed by atoms with Crippen molar-refractivity contribution in [2.75, 3.05) is 0 Å². The van der Waals surface area contributed by atoms with Crippen molar-refractivity contribution < 1.29 is 4.39 Å². The summed E-state index contributed by atoms with van der Waals surface area (Å²) in [6.45, 7) is 0. The fourth-order valence-corrected chi connectivity index (χ4v) is 2.29. The first-order valence-electron chi connectivity index (χ1n) is 5.51. The van der Waals surface area contributed by atoms with Crippen molar-refractivity contribution in [3.63, 3.8) is 0 Å². The molecular formula is C14H12BrClFN. The lowest BCUT2D eigenvalue weighted by atomic mass is 9.99. The molecule has 2 rings (SSSR count). The zero-order valence-electron chi connectivity index (χ0n) is 9.54. The van der Waals surface area contributed by atoms with Crippen LogP contribution in [0.3, 0.4) is 0 Å². The number of rotatable bonds is 3. The molecule has 0 amide bonds. The molecule has 1 atom stereocenters. The summed E-state index contributed by atoms with van der Waals surface area (Å²) in [6.07, 6.45) is 0.574. The van der Waals surface area contributed by atoms with Crippen LogP contribution in [0, 0.1) is 5.82 Å². The summed E-state index contributed by atoms with van der Waals surface area (Å²) in [4.78, 5) is 0. The Morgan fingerprint density at radius 3 is 2.50 bits per heavy atom. The SMILES string of the molecule is NC(Cc1ccc(Cl)cc1)c1cc(Br)ccc1F. The van der Waals surface area contributed by atoms with E-state index in [4.69, 9.17) is 17.3 Å². The minimum Gasteiger partial charge on any atom is -0.324 e. The molecule has 0 spiro atoms. The van der Waals surface area contributed by atoms with E-state index in [0.29, 0.717) is 17.0 Å². The standard InChI is InChI=1S/C14H12BrClFN/c15-10-3-6-13(17)12(8-10)14(18)7-9-1-4-11(16)5-2-9/h1-6,8,14H,7,18H2. The third-order valence-corrected chi connectivity index (χ3v) is 3.47. The van der Waals surface area contributed by atoms with Crippen molar-refractivity contribution in [3.8, 4) is 0 Å². The maximum atomic E-state index is 13.7. The van der Waals surface area contributed by atoms with Gasteiger partial charge in [0.2, 0.25) is 0 Å². The van der Waals surface area contributed by atoms with Crippen LogP contribution in [-0.2, 0) is 6.42 Å². The maximum Gasteiger partial charge on any atom is 0.128 e. The van der Waals surface area contributed by atoms with Crippen LogP contribution in [0.4, 0.5) is 4.39 Å². The van der Waals surface area contributed by atoms with Crippen molar-refractivity contribution in [3.05, 3.63) is 68.9 Å². The highest BCUT2D eigenvalue weighted by Gasteiger charge is 2.12. The topological polar surface area (TPSA) is 26.0 Å². The highest BCUT2D eigenvalue weighted by Crippen LogP contribution is 2.23. The number of benzene rings is 2. The minimum absolute atomic E-state index is 0.278. The van der Waals surface area contributed by atoms with Gasteiger partial charge in [-0.15, -0.1) is 0 Å². The van der Waals surface area contributed by atoms with E-state index in [-0.39, 0.29) is 11.9 Å². The molecule has 0 bridgehead atoms. The predicted octanol–water partition coefficient (Wildman–Crippen LogP) is 4.48. The van der Waals surface area contributed by atoms with E-state index in [1.54, 1.807) is 24.3 Å². The molecule has 2 aromatic rings. The summed E-state index contributed by atoms with van der Waals surface area (Å²) >= 11 is 9.13. The molecule has 0 aliphatic rings. The highest BCUT2D eigenvalue weighted by molar-refractivity contribution is 9.10. The van der Waals surface area contributed by atoms with Gasteiger partial charge in [0.25, 0.3) is 0 Å². The van der Waals surface area contributed by atoms with Gasteiger partial charge in [-0.25, -0.2) is 4.39 Å². The van der Waals surface area contributed by atoms with Crippen LogP contribution in [0.5, 0.6) is 0 Å². The van der Waals surface area contributed by atoms with Crippen LogP contribution in [-0.4, -0.2) is 0 Å². The Kier molecular flexibility index (Phi) is 4.38. The van der Waals surface area contributed by atoms with Crippen molar-refractivity contribution in [1.29, 1.82) is 0 Å². The summed E-state index contributed by atoms with van der Waals surface area (Å²) < 4.78 is 14.5. The number of nitrogens with two attached hydrogens (primary N) is 1. The Morgan fingerprint density at radius 1 is 1.17 bits per heavy atom. The third-order valence-electron chi connectivity index (χ3n) is 2.73. The molecule has 0 saturated heterocycles. The first-order chi connectivity index (χ1) is 8.56. The molecule has 0 aliphatic carbocycles. The Morgan fingerprint density at radius 2 is 1.83 bits per heavy atom. The molecule has 0 saturated carbocycles. The Hall–Kier alpha value is -0.900. The van der Waals surface area contributed by atoms with Gasteiger partial charge in [0.1, 0.15) is 5.82 Å². The molecule has 0 radical (unpaired) electrons. The molecule has 2 aromatic carbocycles. The van der Waals surface area contributed by atoms with E-state index in [9.17, 15) is 4.39 Å². The van der Waals surface area contributed by atoms with E-state index in [0.717, 1.165) is 10.0 Å². The van der Waals surface area contributed by atoms with E-state index in [1.165, 1.54) is 6.07 Å². The van der Waals surface area contributed by atoms with E-state index < -0.39 is 0 Å². The summed E-state index contributed by atoms with van der Waals surface area (Å²) in [5.41, 5.74) is 7.59. The normalized spacial score (nSPS) is 12.4. The lowest BCUT2D eigenvalue weighted by Gasteiger charge is -2.13. The Balaban J connectivity index is 2.18. The minimum atomic E-state index is -0.372. The van der Waals surface area contributed by atoms with Gasteiger partial charge < -0.3 is 5.73 Å². The first kappa shape index (κ1) is 13.5. The van der Waals surface area contributed by atoms with Crippen LogP contribution in [0.2, 0.25) is 5.02 Å². The third kappa shape index (κ3) is 3.31. The second-order valence-corrected chi connectivity index (χ2v) is 5.46. The van der Waals surface area contributed by atoms with Gasteiger partial charge >= 0.3 is 0 Å². The quantitative estimate of drug-likeness (QED) is 0.883. The average molecular weight is 329 g/mol. The molecule has 1 unspecified atom stereocenters. The van der Waals surface area contributed by atoms with Gasteiger partial charge in [0.15, 0.2) is 0 Å². The molecule has 0 aromatic heterocycles. The van der Waals surface area contributed by atoms with Crippen LogP contribution >= 0.6 is 27.5 Å². The molecule has 0 heterocycles. The Labute approximate surface area is 119 Å². The summed E-state index contributed by atoms with van der Waals surface area (Å²) in [6, 6.07) is 11.8. The molecule has 94 valence electrons. The van der Waals surface area contributed by atoms with Gasteiger partial charge in [-0.2, -0.15) is 0 Å². The fraction of sp³-hybridized carbons (Fsp3) is 0.143.